The van der Waals surface area contributed by atoms with Crippen molar-refractivity contribution in [3.05, 3.63) is 60.8 Å². The van der Waals surface area contributed by atoms with Gasteiger partial charge in [0.25, 0.3) is 0 Å². The molecule has 0 aromatic carbocycles. The molecule has 0 fully saturated rings. The first kappa shape index (κ1) is 97.7. The molecule has 588 valence electrons. The van der Waals surface area contributed by atoms with E-state index in [2.05, 4.69) is 74.6 Å². The zero-order chi connectivity index (χ0) is 72.5. The van der Waals surface area contributed by atoms with Crippen molar-refractivity contribution in [1.29, 1.82) is 0 Å². The molecule has 0 aliphatic rings. The van der Waals surface area contributed by atoms with Gasteiger partial charge in [0.2, 0.25) is 0 Å². The molecule has 0 aliphatic heterocycles. The minimum atomic E-state index is -4.40. The Balaban J connectivity index is 3.86. The minimum absolute atomic E-state index is 0.0346. The van der Waals surface area contributed by atoms with E-state index in [1.54, 1.807) is 0 Å². The summed E-state index contributed by atoms with van der Waals surface area (Å²) in [5.41, 5.74) is 0. The van der Waals surface area contributed by atoms with Crippen molar-refractivity contribution in [3.63, 3.8) is 0 Å². The smallest absolute Gasteiger partial charge is 0.462 e. The average Bonchev–Trinajstić information content (AvgIpc) is 1.07. The molecule has 9 nitrogen and oxygen atoms in total. The van der Waals surface area contributed by atoms with E-state index in [-0.39, 0.29) is 25.6 Å². The summed E-state index contributed by atoms with van der Waals surface area (Å²) in [5, 5.41) is 0. The summed E-state index contributed by atoms with van der Waals surface area (Å²) in [5.74, 6) is -0.771. The van der Waals surface area contributed by atoms with Gasteiger partial charge in [0, 0.05) is 12.8 Å². The summed E-state index contributed by atoms with van der Waals surface area (Å²) < 4.78 is 34.9. The van der Waals surface area contributed by atoms with Crippen LogP contribution >= 0.6 is 7.82 Å². The third-order valence-corrected chi connectivity index (χ3v) is 21.0. The van der Waals surface area contributed by atoms with Gasteiger partial charge in [-0.15, -0.1) is 0 Å². The summed E-state index contributed by atoms with van der Waals surface area (Å²) in [6.07, 6.45) is 110. The van der Waals surface area contributed by atoms with Crippen LogP contribution in [0.5, 0.6) is 0 Å². The van der Waals surface area contributed by atoms with E-state index >= 15 is 0 Å². The molecule has 0 radical (unpaired) electrons. The molecule has 0 aromatic rings. The van der Waals surface area contributed by atoms with Crippen LogP contribution < -0.4 is 0 Å². The predicted molar refractivity (Wildman–Crippen MR) is 436 cm³/mol. The number of carbonyl (C=O) groups is 2. The maximum Gasteiger partial charge on any atom is 0.472 e. The first-order valence-electron chi connectivity index (χ1n) is 44.0. The van der Waals surface area contributed by atoms with Gasteiger partial charge in [0.05, 0.1) is 27.7 Å². The van der Waals surface area contributed by atoms with E-state index < -0.39 is 26.5 Å². The quantitative estimate of drug-likeness (QED) is 0.0211. The Hall–Kier alpha value is -2.29. The molecule has 0 aliphatic carbocycles. The normalized spacial score (nSPS) is 13.2. The zero-order valence-corrected chi connectivity index (χ0v) is 68.4. The minimum Gasteiger partial charge on any atom is -0.462 e. The van der Waals surface area contributed by atoms with Crippen LogP contribution in [0.1, 0.15) is 450 Å². The molecule has 0 saturated heterocycles. The summed E-state index contributed by atoms with van der Waals surface area (Å²) in [7, 11) is 1.50. The lowest BCUT2D eigenvalue weighted by atomic mass is 10.0. The number of allylic oxidation sites excluding steroid dienone is 10. The van der Waals surface area contributed by atoms with Crippen LogP contribution in [0.3, 0.4) is 0 Å². The Bertz CT molecular complexity index is 1870. The second-order valence-corrected chi connectivity index (χ2v) is 32.7. The van der Waals surface area contributed by atoms with Gasteiger partial charge in [-0.1, -0.05) is 415 Å². The van der Waals surface area contributed by atoms with E-state index in [0.29, 0.717) is 23.9 Å². The summed E-state index contributed by atoms with van der Waals surface area (Å²) in [6, 6.07) is 0. The SMILES string of the molecule is CCCCCCC/C=C\C/C=C\C/C=C\CCCCCCCCCCCCCCCCCCCCCCCCCCC(=O)OC(COC(=O)CCCCCCCCCCCCCCCCCCCCCCCCCCC/C=C\C/C=C\CCCCCCC)COP(=O)(O)OCC[N+](C)(C)C. The maximum absolute atomic E-state index is 12.9. The van der Waals surface area contributed by atoms with E-state index in [1.165, 1.54) is 366 Å². The Labute approximate surface area is 623 Å². The molecule has 1 N–H and O–H groups in total. The van der Waals surface area contributed by atoms with Gasteiger partial charge in [0.1, 0.15) is 19.8 Å². The number of hydrogen-bond acceptors (Lipinski definition) is 7. The third kappa shape index (κ3) is 84.6. The standard InChI is InChI=1S/C90H170NO8P/c1-6-8-10-12-14-16-18-20-22-24-26-28-30-32-34-36-38-40-42-44-45-47-49-51-53-55-57-59-61-63-65-67-69-71-73-75-77-79-81-83-90(93)99-88(87-98-100(94,95)97-85-84-91(3,4)5)86-96-89(92)82-80-78-76-74-72-70-68-66-64-62-60-58-56-54-52-50-48-46-43-41-39-37-35-33-31-29-27-25-23-21-19-17-15-13-11-9-7-2/h18-21,24-27,30,32,88H,6-17,22-23,28-29,31,33-87H2,1-5H3/p+1/b20-18-,21-19-,26-24-,27-25-,32-30-. The lowest BCUT2D eigenvalue weighted by molar-refractivity contribution is -0.870. The molecular formula is C90H171NO8P+. The van der Waals surface area contributed by atoms with Gasteiger partial charge in [-0.3, -0.25) is 18.6 Å². The molecule has 0 bridgehead atoms. The number of quaternary nitrogens is 1. The molecule has 0 heterocycles. The average molecular weight is 1430 g/mol. The van der Waals surface area contributed by atoms with Crippen LogP contribution in [0, 0.1) is 0 Å². The fourth-order valence-corrected chi connectivity index (χ4v) is 14.0. The summed E-state index contributed by atoms with van der Waals surface area (Å²) >= 11 is 0. The van der Waals surface area contributed by atoms with E-state index in [1.807, 2.05) is 21.1 Å². The lowest BCUT2D eigenvalue weighted by Gasteiger charge is -2.24. The third-order valence-electron chi connectivity index (χ3n) is 20.0. The molecule has 0 rings (SSSR count). The van der Waals surface area contributed by atoms with Crippen molar-refractivity contribution >= 4 is 19.8 Å². The van der Waals surface area contributed by atoms with E-state index in [9.17, 15) is 19.0 Å². The van der Waals surface area contributed by atoms with E-state index in [0.717, 1.165) is 51.4 Å². The fourth-order valence-electron chi connectivity index (χ4n) is 13.3. The van der Waals surface area contributed by atoms with Gasteiger partial charge in [-0.25, -0.2) is 4.57 Å². The molecule has 0 amide bonds. The van der Waals surface area contributed by atoms with Crippen LogP contribution in [-0.2, 0) is 32.7 Å². The van der Waals surface area contributed by atoms with Crippen molar-refractivity contribution in [1.82, 2.24) is 0 Å². The van der Waals surface area contributed by atoms with Gasteiger partial charge in [-0.05, 0) is 83.5 Å². The number of rotatable bonds is 83. The molecule has 10 heteroatoms. The molecule has 0 aromatic heterocycles. The Kier molecular flexibility index (Phi) is 78.9. The molecule has 0 spiro atoms. The van der Waals surface area contributed by atoms with Crippen molar-refractivity contribution < 1.29 is 42.1 Å². The van der Waals surface area contributed by atoms with Crippen molar-refractivity contribution in [2.24, 2.45) is 0 Å². The van der Waals surface area contributed by atoms with Crippen LogP contribution in [0.25, 0.3) is 0 Å². The number of ether oxygens (including phenoxy) is 2. The highest BCUT2D eigenvalue weighted by atomic mass is 31.2. The van der Waals surface area contributed by atoms with Crippen molar-refractivity contribution in [3.8, 4) is 0 Å². The largest absolute Gasteiger partial charge is 0.472 e. The van der Waals surface area contributed by atoms with Crippen molar-refractivity contribution in [2.45, 2.75) is 457 Å². The second kappa shape index (κ2) is 80.8. The number of unbranched alkanes of at least 4 members (excludes halogenated alkanes) is 59. The number of esters is 2. The van der Waals surface area contributed by atoms with Gasteiger partial charge < -0.3 is 18.9 Å². The number of phosphoric ester groups is 1. The predicted octanol–water partition coefficient (Wildman–Crippen LogP) is 29.6. The van der Waals surface area contributed by atoms with Gasteiger partial charge in [0.15, 0.2) is 6.10 Å². The number of nitrogens with zero attached hydrogens (tertiary/aromatic N) is 1. The first-order chi connectivity index (χ1) is 49.0. The molecule has 100 heavy (non-hydrogen) atoms. The highest BCUT2D eigenvalue weighted by molar-refractivity contribution is 7.47. The Morgan fingerprint density at radius 3 is 0.800 bits per heavy atom. The zero-order valence-electron chi connectivity index (χ0n) is 67.5. The molecule has 2 atom stereocenters. The summed E-state index contributed by atoms with van der Waals surface area (Å²) in [6.45, 7) is 4.49. The van der Waals surface area contributed by atoms with E-state index in [4.69, 9.17) is 18.5 Å². The van der Waals surface area contributed by atoms with Crippen molar-refractivity contribution in [2.75, 3.05) is 47.5 Å². The molecule has 0 saturated carbocycles. The van der Waals surface area contributed by atoms with Crippen LogP contribution in [0.4, 0.5) is 0 Å². The summed E-state index contributed by atoms with van der Waals surface area (Å²) in [4.78, 5) is 36.1. The highest BCUT2D eigenvalue weighted by Crippen LogP contribution is 2.43. The number of likely N-dealkylation sites (N-methyl/N-ethyl adjacent to an activating group) is 1. The van der Waals surface area contributed by atoms with Gasteiger partial charge >= 0.3 is 19.8 Å². The Morgan fingerprint density at radius 2 is 0.540 bits per heavy atom. The van der Waals surface area contributed by atoms with Crippen LogP contribution in [-0.4, -0.2) is 74.9 Å². The maximum atomic E-state index is 12.9. The highest BCUT2D eigenvalue weighted by Gasteiger charge is 2.27. The second-order valence-electron chi connectivity index (χ2n) is 31.3. The molecule has 2 unspecified atom stereocenters. The number of hydrogen-bond donors (Lipinski definition) is 1. The van der Waals surface area contributed by atoms with Gasteiger partial charge in [-0.2, -0.15) is 0 Å². The van der Waals surface area contributed by atoms with Crippen LogP contribution in [0.2, 0.25) is 0 Å². The van der Waals surface area contributed by atoms with Crippen LogP contribution in [0.15, 0.2) is 60.8 Å². The molecular weight excluding hydrogens is 1250 g/mol. The Morgan fingerprint density at radius 1 is 0.310 bits per heavy atom. The topological polar surface area (TPSA) is 108 Å². The number of carbonyl (C=O) groups excluding carboxylic acids is 2. The number of phosphoric acid groups is 1. The lowest BCUT2D eigenvalue weighted by Crippen LogP contribution is -2.37. The fraction of sp³-hybridized carbons (Fsp3) is 0.867. The first-order valence-corrected chi connectivity index (χ1v) is 45.5. The monoisotopic (exact) mass is 1430 g/mol.